The fourth-order valence-corrected chi connectivity index (χ4v) is 4.14. The molecule has 3 rings (SSSR count). The van der Waals surface area contributed by atoms with Crippen LogP contribution in [0, 0.1) is 12.8 Å². The number of esters is 1. The maximum absolute atomic E-state index is 12.5. The largest absolute Gasteiger partial charge is 0.504 e. The molecular weight excluding hydrogens is 420 g/mol. The first-order chi connectivity index (χ1) is 15.9. The number of hydrogen-bond donors (Lipinski definition) is 2. The van der Waals surface area contributed by atoms with Crippen molar-refractivity contribution in [2.24, 2.45) is 5.92 Å². The molecule has 178 valence electrons. The molecule has 0 aliphatic carbocycles. The Balaban J connectivity index is 1.58. The summed E-state index contributed by atoms with van der Waals surface area (Å²) in [4.78, 5) is 35.1. The lowest BCUT2D eigenvalue weighted by Gasteiger charge is -2.33. The molecule has 0 saturated carbocycles. The van der Waals surface area contributed by atoms with Crippen molar-refractivity contribution in [1.29, 1.82) is 0 Å². The van der Waals surface area contributed by atoms with Crippen LogP contribution in [0.1, 0.15) is 60.7 Å². The van der Waals surface area contributed by atoms with E-state index in [2.05, 4.69) is 51.4 Å². The number of aromatic hydroxyl groups is 1. The number of nitrogens with zero attached hydrogens (tertiary/aromatic N) is 3. The summed E-state index contributed by atoms with van der Waals surface area (Å²) in [6.07, 6.45) is 4.91. The third kappa shape index (κ3) is 6.66. The zero-order chi connectivity index (χ0) is 23.8. The third-order valence-corrected chi connectivity index (χ3v) is 5.94. The van der Waals surface area contributed by atoms with Gasteiger partial charge in [0.25, 0.3) is 5.91 Å². The molecule has 0 bridgehead atoms. The van der Waals surface area contributed by atoms with Gasteiger partial charge in [0.05, 0.1) is 12.3 Å². The number of carbonyl (C=O) groups is 2. The van der Waals surface area contributed by atoms with E-state index in [0.717, 1.165) is 38.8 Å². The highest BCUT2D eigenvalue weighted by Gasteiger charge is 2.23. The minimum absolute atomic E-state index is 0.105. The second-order valence-electron chi connectivity index (χ2n) is 8.46. The number of aromatic nitrogens is 2. The number of nitrogens with one attached hydrogen (secondary N) is 1. The Morgan fingerprint density at radius 2 is 1.85 bits per heavy atom. The number of carbonyl (C=O) groups excluding carboxylic acids is 2. The van der Waals surface area contributed by atoms with Gasteiger partial charge in [-0.3, -0.25) is 9.59 Å². The Kier molecular flexibility index (Phi) is 8.63. The topological polar surface area (TPSA) is 105 Å². The van der Waals surface area contributed by atoms with E-state index < -0.39 is 11.9 Å². The average Bonchev–Trinajstić information content (AvgIpc) is 2.81. The molecule has 1 aliphatic heterocycles. The zero-order valence-corrected chi connectivity index (χ0v) is 19.8. The predicted octanol–water partition coefficient (Wildman–Crippen LogP) is 3.20. The number of aryl methyl sites for hydroxylation is 2. The third-order valence-electron chi connectivity index (χ3n) is 5.94. The monoisotopic (exact) mass is 454 g/mol. The number of piperidine rings is 1. The predicted molar refractivity (Wildman–Crippen MR) is 126 cm³/mol. The SMILES string of the molecule is CCCc1ccc(N2CCC(Cc3nc(C)c(O)c(C(=O)NCC(=O)OCC)n3)CC2)cc1. The minimum Gasteiger partial charge on any atom is -0.504 e. The summed E-state index contributed by atoms with van der Waals surface area (Å²) in [7, 11) is 0. The lowest BCUT2D eigenvalue weighted by atomic mass is 9.92. The van der Waals surface area contributed by atoms with Crippen LogP contribution in [-0.4, -0.2) is 53.2 Å². The van der Waals surface area contributed by atoms with E-state index in [1.54, 1.807) is 13.8 Å². The lowest BCUT2D eigenvalue weighted by Crippen LogP contribution is -2.34. The van der Waals surface area contributed by atoms with Crippen LogP contribution in [0.25, 0.3) is 0 Å². The fraction of sp³-hybridized carbons (Fsp3) is 0.520. The van der Waals surface area contributed by atoms with Crippen LogP contribution >= 0.6 is 0 Å². The summed E-state index contributed by atoms with van der Waals surface area (Å²) in [6, 6.07) is 8.84. The first-order valence-corrected chi connectivity index (χ1v) is 11.7. The van der Waals surface area contributed by atoms with Gasteiger partial charge in [-0.05, 0) is 56.7 Å². The molecule has 33 heavy (non-hydrogen) atoms. The zero-order valence-electron chi connectivity index (χ0n) is 19.8. The van der Waals surface area contributed by atoms with Crippen LogP contribution in [0.2, 0.25) is 0 Å². The van der Waals surface area contributed by atoms with Crippen LogP contribution in [0.4, 0.5) is 5.69 Å². The lowest BCUT2D eigenvalue weighted by molar-refractivity contribution is -0.141. The summed E-state index contributed by atoms with van der Waals surface area (Å²) in [5.74, 6) is -0.479. The standard InChI is InChI=1S/C25H34N4O4/c1-4-6-18-7-9-20(10-8-18)29-13-11-19(12-14-29)15-21-27-17(3)24(31)23(28-21)25(32)26-16-22(30)33-5-2/h7-10,19,31H,4-6,11-16H2,1-3H3,(H,26,32). The van der Waals surface area contributed by atoms with Crippen LogP contribution in [0.5, 0.6) is 5.75 Å². The van der Waals surface area contributed by atoms with E-state index in [0.29, 0.717) is 23.9 Å². The van der Waals surface area contributed by atoms with Crippen molar-refractivity contribution in [3.8, 4) is 5.75 Å². The van der Waals surface area contributed by atoms with Gasteiger partial charge in [0.2, 0.25) is 0 Å². The van der Waals surface area contributed by atoms with Gasteiger partial charge in [-0.25, -0.2) is 9.97 Å². The summed E-state index contributed by atoms with van der Waals surface area (Å²) < 4.78 is 4.81. The van der Waals surface area contributed by atoms with Crippen molar-refractivity contribution in [2.75, 3.05) is 31.1 Å². The van der Waals surface area contributed by atoms with Gasteiger partial charge >= 0.3 is 5.97 Å². The minimum atomic E-state index is -0.617. The molecule has 2 aromatic rings. The van der Waals surface area contributed by atoms with Gasteiger partial charge in [0.1, 0.15) is 12.4 Å². The second-order valence-corrected chi connectivity index (χ2v) is 8.46. The van der Waals surface area contributed by atoms with Crippen molar-refractivity contribution >= 4 is 17.6 Å². The van der Waals surface area contributed by atoms with Crippen molar-refractivity contribution in [1.82, 2.24) is 15.3 Å². The smallest absolute Gasteiger partial charge is 0.325 e. The molecule has 1 saturated heterocycles. The highest BCUT2D eigenvalue weighted by atomic mass is 16.5. The molecule has 0 atom stereocenters. The average molecular weight is 455 g/mol. The molecule has 8 nitrogen and oxygen atoms in total. The van der Waals surface area contributed by atoms with Crippen molar-refractivity contribution < 1.29 is 19.4 Å². The van der Waals surface area contributed by atoms with Crippen LogP contribution in [0.3, 0.4) is 0 Å². The molecule has 2 heterocycles. The Morgan fingerprint density at radius 1 is 1.15 bits per heavy atom. The Hall–Kier alpha value is -3.16. The molecule has 1 aliphatic rings. The van der Waals surface area contributed by atoms with Crippen molar-refractivity contribution in [2.45, 2.75) is 52.9 Å². The van der Waals surface area contributed by atoms with Gasteiger partial charge in [0.15, 0.2) is 11.4 Å². The summed E-state index contributed by atoms with van der Waals surface area (Å²) in [6.45, 7) is 7.41. The highest BCUT2D eigenvalue weighted by molar-refractivity contribution is 5.96. The van der Waals surface area contributed by atoms with Crippen LogP contribution in [0.15, 0.2) is 24.3 Å². The van der Waals surface area contributed by atoms with Gasteiger partial charge in [-0.1, -0.05) is 25.5 Å². The molecule has 0 spiro atoms. The Morgan fingerprint density at radius 3 is 2.48 bits per heavy atom. The van der Waals surface area contributed by atoms with E-state index in [1.807, 2.05) is 0 Å². The highest BCUT2D eigenvalue weighted by Crippen LogP contribution is 2.27. The first kappa shape index (κ1) is 24.5. The number of amides is 1. The van der Waals surface area contributed by atoms with Gasteiger partial charge < -0.3 is 20.1 Å². The molecule has 1 aromatic heterocycles. The molecule has 2 N–H and O–H groups in total. The second kappa shape index (κ2) is 11.6. The van der Waals surface area contributed by atoms with Crippen LogP contribution in [-0.2, 0) is 22.4 Å². The van der Waals surface area contributed by atoms with E-state index in [-0.39, 0.29) is 24.6 Å². The van der Waals surface area contributed by atoms with E-state index in [9.17, 15) is 14.7 Å². The Labute approximate surface area is 195 Å². The molecular formula is C25H34N4O4. The number of hydrogen-bond acceptors (Lipinski definition) is 7. The van der Waals surface area contributed by atoms with Crippen LogP contribution < -0.4 is 10.2 Å². The summed E-state index contributed by atoms with van der Waals surface area (Å²) >= 11 is 0. The van der Waals surface area contributed by atoms with Crippen molar-refractivity contribution in [3.05, 3.63) is 47.0 Å². The maximum atomic E-state index is 12.5. The van der Waals surface area contributed by atoms with E-state index in [1.165, 1.54) is 11.3 Å². The van der Waals surface area contributed by atoms with E-state index in [4.69, 9.17) is 4.74 Å². The molecule has 1 amide bonds. The quantitative estimate of drug-likeness (QED) is 0.561. The molecule has 0 radical (unpaired) electrons. The molecule has 1 aromatic carbocycles. The maximum Gasteiger partial charge on any atom is 0.325 e. The first-order valence-electron chi connectivity index (χ1n) is 11.7. The van der Waals surface area contributed by atoms with Gasteiger partial charge in [-0.2, -0.15) is 0 Å². The number of benzene rings is 1. The molecule has 0 unspecified atom stereocenters. The van der Waals surface area contributed by atoms with E-state index >= 15 is 0 Å². The fourth-order valence-electron chi connectivity index (χ4n) is 4.14. The Bertz CT molecular complexity index is 954. The molecule has 1 fully saturated rings. The number of ether oxygens (including phenoxy) is 1. The number of rotatable bonds is 9. The van der Waals surface area contributed by atoms with Gasteiger partial charge in [-0.15, -0.1) is 0 Å². The van der Waals surface area contributed by atoms with Crippen molar-refractivity contribution in [3.63, 3.8) is 0 Å². The molecule has 8 heteroatoms. The van der Waals surface area contributed by atoms with Gasteiger partial charge in [0, 0.05) is 25.2 Å². The summed E-state index contributed by atoms with van der Waals surface area (Å²) in [5.41, 5.74) is 2.88. The summed E-state index contributed by atoms with van der Waals surface area (Å²) in [5, 5.41) is 12.7. The normalized spacial score (nSPS) is 14.2. The number of anilines is 1.